The van der Waals surface area contributed by atoms with Gasteiger partial charge in [0, 0.05) is 12.6 Å². The number of anilines is 1. The number of rotatable bonds is 5. The summed E-state index contributed by atoms with van der Waals surface area (Å²) in [4.78, 5) is 13.9. The van der Waals surface area contributed by atoms with Crippen LogP contribution in [0.15, 0.2) is 40.9 Å². The van der Waals surface area contributed by atoms with Gasteiger partial charge in [-0.25, -0.2) is 4.79 Å². The van der Waals surface area contributed by atoms with Crippen LogP contribution in [0.5, 0.6) is 0 Å². The van der Waals surface area contributed by atoms with Crippen LogP contribution in [0.25, 0.3) is 0 Å². The lowest BCUT2D eigenvalue weighted by Crippen LogP contribution is -2.36. The first kappa shape index (κ1) is 15.1. The van der Waals surface area contributed by atoms with Crippen LogP contribution in [-0.2, 0) is 0 Å². The molecule has 0 radical (unpaired) electrons. The molecule has 2 N–H and O–H groups in total. The Labute approximate surface area is 124 Å². The summed E-state index contributed by atoms with van der Waals surface area (Å²) < 4.78 is 4.90. The highest BCUT2D eigenvalue weighted by molar-refractivity contribution is 5.88. The third kappa shape index (κ3) is 4.32. The van der Waals surface area contributed by atoms with Gasteiger partial charge in [0.1, 0.15) is 5.76 Å². The van der Waals surface area contributed by atoms with E-state index in [-0.39, 0.29) is 12.1 Å². The molecule has 1 atom stereocenters. The molecule has 2 amide bonds. The molecule has 0 bridgehead atoms. The number of aryl methyl sites for hydroxylation is 1. The normalized spacial score (nSPS) is 12.2. The Morgan fingerprint density at radius 3 is 2.62 bits per heavy atom. The highest BCUT2D eigenvalue weighted by atomic mass is 16.5. The molecule has 21 heavy (non-hydrogen) atoms. The Morgan fingerprint density at radius 2 is 2.05 bits per heavy atom. The van der Waals surface area contributed by atoms with E-state index in [1.807, 2.05) is 44.4 Å². The summed E-state index contributed by atoms with van der Waals surface area (Å²) in [5.41, 5.74) is 1.15. The van der Waals surface area contributed by atoms with Crippen molar-refractivity contribution in [1.29, 1.82) is 0 Å². The van der Waals surface area contributed by atoms with Crippen molar-refractivity contribution in [3.8, 4) is 0 Å². The number of carbonyl (C=O) groups excluding carboxylic acids is 1. The number of likely N-dealkylation sites (N-methyl/N-ethyl adjacent to an activating group) is 1. The van der Waals surface area contributed by atoms with Crippen LogP contribution >= 0.6 is 0 Å². The van der Waals surface area contributed by atoms with Crippen LogP contribution in [0.2, 0.25) is 0 Å². The lowest BCUT2D eigenvalue weighted by Gasteiger charge is -2.25. The Kier molecular flexibility index (Phi) is 4.94. The van der Waals surface area contributed by atoms with Gasteiger partial charge in [-0.15, -0.1) is 0 Å². The quantitative estimate of drug-likeness (QED) is 0.886. The van der Waals surface area contributed by atoms with Gasteiger partial charge in [-0.1, -0.05) is 35.5 Å². The van der Waals surface area contributed by atoms with Crippen molar-refractivity contribution in [2.45, 2.75) is 13.0 Å². The molecule has 1 aromatic heterocycles. The van der Waals surface area contributed by atoms with Crippen LogP contribution < -0.4 is 10.6 Å². The van der Waals surface area contributed by atoms with E-state index in [9.17, 15) is 4.79 Å². The van der Waals surface area contributed by atoms with Crippen LogP contribution in [0.1, 0.15) is 17.4 Å². The minimum absolute atomic E-state index is 0.107. The molecule has 112 valence electrons. The highest BCUT2D eigenvalue weighted by Gasteiger charge is 2.15. The molecule has 0 saturated carbocycles. The molecule has 6 nitrogen and oxygen atoms in total. The maximum atomic E-state index is 11.9. The fourth-order valence-corrected chi connectivity index (χ4v) is 2.05. The highest BCUT2D eigenvalue weighted by Crippen LogP contribution is 2.16. The predicted molar refractivity (Wildman–Crippen MR) is 81.1 cm³/mol. The third-order valence-electron chi connectivity index (χ3n) is 3.13. The van der Waals surface area contributed by atoms with E-state index in [2.05, 4.69) is 20.7 Å². The summed E-state index contributed by atoms with van der Waals surface area (Å²) in [7, 11) is 3.97. The predicted octanol–water partition coefficient (Wildman–Crippen LogP) is 2.41. The van der Waals surface area contributed by atoms with Crippen molar-refractivity contribution in [3.05, 3.63) is 47.7 Å². The Morgan fingerprint density at radius 1 is 1.33 bits per heavy atom. The zero-order valence-electron chi connectivity index (χ0n) is 12.5. The van der Waals surface area contributed by atoms with Crippen molar-refractivity contribution in [3.63, 3.8) is 0 Å². The van der Waals surface area contributed by atoms with Gasteiger partial charge in [0.15, 0.2) is 5.82 Å². The minimum atomic E-state index is -0.300. The fraction of sp³-hybridized carbons (Fsp3) is 0.333. The zero-order valence-corrected chi connectivity index (χ0v) is 12.5. The van der Waals surface area contributed by atoms with Crippen LogP contribution in [0.3, 0.4) is 0 Å². The van der Waals surface area contributed by atoms with Crippen molar-refractivity contribution in [2.75, 3.05) is 26.0 Å². The Hall–Kier alpha value is -2.34. The van der Waals surface area contributed by atoms with E-state index < -0.39 is 0 Å². The smallest absolute Gasteiger partial charge is 0.320 e. The lowest BCUT2D eigenvalue weighted by molar-refractivity contribution is 0.243. The SMILES string of the molecule is Cc1cc(NC(=O)NCC(c2ccccc2)N(C)C)no1. The Balaban J connectivity index is 1.91. The maximum Gasteiger partial charge on any atom is 0.320 e. The van der Waals surface area contributed by atoms with Crippen LogP contribution in [-0.4, -0.2) is 36.7 Å². The zero-order chi connectivity index (χ0) is 15.2. The number of urea groups is 1. The second-order valence-corrected chi connectivity index (χ2v) is 5.05. The second-order valence-electron chi connectivity index (χ2n) is 5.05. The molecule has 0 aliphatic rings. The Bertz CT molecular complexity index is 580. The molecule has 0 saturated heterocycles. The first-order valence-electron chi connectivity index (χ1n) is 6.76. The van der Waals surface area contributed by atoms with E-state index in [1.54, 1.807) is 13.0 Å². The number of nitrogens with one attached hydrogen (secondary N) is 2. The molecule has 0 spiro atoms. The number of aromatic nitrogens is 1. The summed E-state index contributed by atoms with van der Waals surface area (Å²) in [6.07, 6.45) is 0. The van der Waals surface area contributed by atoms with Crippen molar-refractivity contribution in [2.24, 2.45) is 0 Å². The average molecular weight is 288 g/mol. The number of amides is 2. The largest absolute Gasteiger partial charge is 0.360 e. The van der Waals surface area contributed by atoms with Crippen LogP contribution in [0, 0.1) is 6.92 Å². The van der Waals surface area contributed by atoms with Gasteiger partial charge < -0.3 is 14.7 Å². The van der Waals surface area contributed by atoms with Gasteiger partial charge >= 0.3 is 6.03 Å². The average Bonchev–Trinajstić information content (AvgIpc) is 2.85. The molecule has 2 aromatic rings. The van der Waals surface area contributed by atoms with Gasteiger partial charge in [-0.3, -0.25) is 5.32 Å². The fourth-order valence-electron chi connectivity index (χ4n) is 2.05. The summed E-state index contributed by atoms with van der Waals surface area (Å²) in [6, 6.07) is 11.5. The van der Waals surface area contributed by atoms with Gasteiger partial charge in [0.2, 0.25) is 0 Å². The number of nitrogens with zero attached hydrogens (tertiary/aromatic N) is 2. The number of carbonyl (C=O) groups is 1. The van der Waals surface area contributed by atoms with Crippen molar-refractivity contribution in [1.82, 2.24) is 15.4 Å². The van der Waals surface area contributed by atoms with E-state index in [1.165, 1.54) is 0 Å². The number of hydrogen-bond donors (Lipinski definition) is 2. The molecule has 0 aliphatic carbocycles. The van der Waals surface area contributed by atoms with Gasteiger partial charge in [0.05, 0.1) is 6.04 Å². The van der Waals surface area contributed by atoms with Gasteiger partial charge in [0.25, 0.3) is 0 Å². The minimum Gasteiger partial charge on any atom is -0.360 e. The standard InChI is InChI=1S/C15H20N4O2/c1-11-9-14(18-21-11)17-15(20)16-10-13(19(2)3)12-7-5-4-6-8-12/h4-9,13H,10H2,1-3H3,(H2,16,17,18,20). The molecule has 1 aromatic carbocycles. The molecule has 2 rings (SSSR count). The molecule has 6 heteroatoms. The van der Waals surface area contributed by atoms with Crippen LogP contribution in [0.4, 0.5) is 10.6 Å². The van der Waals surface area contributed by atoms with Crippen molar-refractivity contribution < 1.29 is 9.32 Å². The number of hydrogen-bond acceptors (Lipinski definition) is 4. The third-order valence-corrected chi connectivity index (χ3v) is 3.13. The summed E-state index contributed by atoms with van der Waals surface area (Å²) in [5, 5.41) is 9.20. The van der Waals surface area contributed by atoms with E-state index in [0.29, 0.717) is 18.1 Å². The topological polar surface area (TPSA) is 70.4 Å². The van der Waals surface area contributed by atoms with E-state index in [4.69, 9.17) is 4.52 Å². The summed E-state index contributed by atoms with van der Waals surface area (Å²) in [6.45, 7) is 2.27. The second kappa shape index (κ2) is 6.90. The molecule has 1 unspecified atom stereocenters. The molecule has 0 aliphatic heterocycles. The van der Waals surface area contributed by atoms with Gasteiger partial charge in [-0.05, 0) is 26.6 Å². The summed E-state index contributed by atoms with van der Waals surface area (Å²) in [5.74, 6) is 1.06. The first-order valence-corrected chi connectivity index (χ1v) is 6.76. The molecular weight excluding hydrogens is 268 g/mol. The van der Waals surface area contributed by atoms with E-state index in [0.717, 1.165) is 5.56 Å². The first-order chi connectivity index (χ1) is 10.1. The lowest BCUT2D eigenvalue weighted by atomic mass is 10.1. The van der Waals surface area contributed by atoms with Crippen molar-refractivity contribution >= 4 is 11.8 Å². The summed E-state index contributed by atoms with van der Waals surface area (Å²) >= 11 is 0. The van der Waals surface area contributed by atoms with Gasteiger partial charge in [-0.2, -0.15) is 0 Å². The number of benzene rings is 1. The molecular formula is C15H20N4O2. The maximum absolute atomic E-state index is 11.9. The molecule has 1 heterocycles. The molecule has 0 fully saturated rings. The van der Waals surface area contributed by atoms with E-state index >= 15 is 0 Å². The monoisotopic (exact) mass is 288 g/mol.